The second-order valence-electron chi connectivity index (χ2n) is 5.24. The van der Waals surface area contributed by atoms with Crippen LogP contribution in [0.3, 0.4) is 0 Å². The van der Waals surface area contributed by atoms with Crippen molar-refractivity contribution in [3.63, 3.8) is 0 Å². The van der Waals surface area contributed by atoms with E-state index in [-0.39, 0.29) is 11.4 Å². The molecule has 1 aliphatic rings. The standard InChI is InChI=1S/C16H15Cl2NO3S/c17-13-8-12(9-14(18)10-13)16-11-19(6-7-22-16)23(20,21)15-4-2-1-3-5-15/h1-5,8-10,16H,6-7,11H2. The molecule has 1 heterocycles. The van der Waals surface area contributed by atoms with Gasteiger partial charge >= 0.3 is 0 Å². The molecule has 7 heteroatoms. The minimum atomic E-state index is -3.54. The van der Waals surface area contributed by atoms with Crippen LogP contribution in [-0.4, -0.2) is 32.4 Å². The summed E-state index contributed by atoms with van der Waals surface area (Å²) in [5.41, 5.74) is 0.774. The molecule has 0 spiro atoms. The number of hydrogen-bond acceptors (Lipinski definition) is 3. The number of rotatable bonds is 3. The number of hydrogen-bond donors (Lipinski definition) is 0. The van der Waals surface area contributed by atoms with Crippen LogP contribution in [0, 0.1) is 0 Å². The molecule has 2 aromatic rings. The largest absolute Gasteiger partial charge is 0.371 e. The van der Waals surface area contributed by atoms with Crippen molar-refractivity contribution in [2.45, 2.75) is 11.0 Å². The average Bonchev–Trinajstić information content (AvgIpc) is 2.55. The molecule has 122 valence electrons. The Labute approximate surface area is 145 Å². The highest BCUT2D eigenvalue weighted by Crippen LogP contribution is 2.30. The number of ether oxygens (including phenoxy) is 1. The molecule has 1 fully saturated rings. The summed E-state index contributed by atoms with van der Waals surface area (Å²) in [6, 6.07) is 13.5. The minimum absolute atomic E-state index is 0.230. The van der Waals surface area contributed by atoms with Gasteiger partial charge in [0.15, 0.2) is 0 Å². The van der Waals surface area contributed by atoms with E-state index in [9.17, 15) is 8.42 Å². The lowest BCUT2D eigenvalue weighted by Gasteiger charge is -2.32. The molecule has 1 atom stereocenters. The molecular weight excluding hydrogens is 357 g/mol. The van der Waals surface area contributed by atoms with Crippen LogP contribution in [0.4, 0.5) is 0 Å². The summed E-state index contributed by atoms with van der Waals surface area (Å²) in [6.45, 7) is 0.872. The monoisotopic (exact) mass is 371 g/mol. The first-order valence-corrected chi connectivity index (χ1v) is 9.29. The van der Waals surface area contributed by atoms with E-state index in [1.807, 2.05) is 0 Å². The molecule has 0 aliphatic carbocycles. The highest BCUT2D eigenvalue weighted by atomic mass is 35.5. The van der Waals surface area contributed by atoms with Crippen molar-refractivity contribution < 1.29 is 13.2 Å². The zero-order valence-corrected chi connectivity index (χ0v) is 14.5. The maximum Gasteiger partial charge on any atom is 0.243 e. The number of halogens is 2. The first kappa shape index (κ1) is 16.7. The number of benzene rings is 2. The third-order valence-electron chi connectivity index (χ3n) is 3.67. The third kappa shape index (κ3) is 3.70. The molecule has 4 nitrogen and oxygen atoms in total. The molecule has 0 saturated carbocycles. The van der Waals surface area contributed by atoms with Crippen LogP contribution in [-0.2, 0) is 14.8 Å². The van der Waals surface area contributed by atoms with E-state index < -0.39 is 16.1 Å². The summed E-state index contributed by atoms with van der Waals surface area (Å²) < 4.78 is 32.6. The Balaban J connectivity index is 1.86. The van der Waals surface area contributed by atoms with Crippen molar-refractivity contribution in [1.82, 2.24) is 4.31 Å². The van der Waals surface area contributed by atoms with E-state index in [0.29, 0.717) is 23.2 Å². The summed E-state index contributed by atoms with van der Waals surface area (Å²) in [6.07, 6.45) is -0.390. The van der Waals surface area contributed by atoms with Crippen molar-refractivity contribution in [2.24, 2.45) is 0 Å². The molecule has 3 rings (SSSR count). The fraction of sp³-hybridized carbons (Fsp3) is 0.250. The molecule has 0 radical (unpaired) electrons. The van der Waals surface area contributed by atoms with E-state index >= 15 is 0 Å². The first-order valence-electron chi connectivity index (χ1n) is 7.09. The quantitative estimate of drug-likeness (QED) is 0.824. The lowest BCUT2D eigenvalue weighted by molar-refractivity contribution is -0.00254. The van der Waals surface area contributed by atoms with Crippen molar-refractivity contribution in [1.29, 1.82) is 0 Å². The van der Waals surface area contributed by atoms with Crippen LogP contribution >= 0.6 is 23.2 Å². The Morgan fingerprint density at radius 3 is 2.35 bits per heavy atom. The lowest BCUT2D eigenvalue weighted by atomic mass is 10.1. The summed E-state index contributed by atoms with van der Waals surface area (Å²) in [5.74, 6) is 0. The second-order valence-corrected chi connectivity index (χ2v) is 8.05. The van der Waals surface area contributed by atoms with Crippen LogP contribution in [0.15, 0.2) is 53.4 Å². The van der Waals surface area contributed by atoms with Gasteiger partial charge in [0.05, 0.1) is 17.6 Å². The van der Waals surface area contributed by atoms with E-state index in [1.165, 1.54) is 4.31 Å². The second kappa shape index (κ2) is 6.79. The predicted octanol–water partition coefficient (Wildman–Crippen LogP) is 3.76. The van der Waals surface area contributed by atoms with Crippen molar-refractivity contribution >= 4 is 33.2 Å². The van der Waals surface area contributed by atoms with Gasteiger partial charge in [0, 0.05) is 23.1 Å². The minimum Gasteiger partial charge on any atom is -0.371 e. The van der Waals surface area contributed by atoms with Gasteiger partial charge in [0.25, 0.3) is 0 Å². The Morgan fingerprint density at radius 2 is 1.70 bits per heavy atom. The number of morpholine rings is 1. The molecule has 0 bridgehead atoms. The average molecular weight is 372 g/mol. The van der Waals surface area contributed by atoms with Gasteiger partial charge in [-0.15, -0.1) is 0 Å². The summed E-state index contributed by atoms with van der Waals surface area (Å²) in [7, 11) is -3.54. The van der Waals surface area contributed by atoms with Gasteiger partial charge in [-0.05, 0) is 35.9 Å². The van der Waals surface area contributed by atoms with Gasteiger partial charge in [0.2, 0.25) is 10.0 Å². The van der Waals surface area contributed by atoms with Crippen molar-refractivity contribution in [3.05, 3.63) is 64.1 Å². The van der Waals surface area contributed by atoms with Gasteiger partial charge in [-0.25, -0.2) is 8.42 Å². The summed E-state index contributed by atoms with van der Waals surface area (Å²) >= 11 is 12.0. The molecule has 1 saturated heterocycles. The zero-order valence-electron chi connectivity index (χ0n) is 12.2. The molecule has 2 aromatic carbocycles. The SMILES string of the molecule is O=S(=O)(c1ccccc1)N1CCOC(c2cc(Cl)cc(Cl)c2)C1. The van der Waals surface area contributed by atoms with Gasteiger partial charge < -0.3 is 4.74 Å². The molecule has 23 heavy (non-hydrogen) atoms. The van der Waals surface area contributed by atoms with E-state index in [0.717, 1.165) is 5.56 Å². The van der Waals surface area contributed by atoms with Crippen LogP contribution in [0.5, 0.6) is 0 Å². The predicted molar refractivity (Wildman–Crippen MR) is 90.4 cm³/mol. The highest BCUT2D eigenvalue weighted by Gasteiger charge is 2.31. The Hall–Kier alpha value is -1.11. The van der Waals surface area contributed by atoms with Crippen molar-refractivity contribution in [3.8, 4) is 0 Å². The van der Waals surface area contributed by atoms with E-state index in [1.54, 1.807) is 48.5 Å². The first-order chi connectivity index (χ1) is 11.0. The lowest BCUT2D eigenvalue weighted by Crippen LogP contribution is -2.42. The van der Waals surface area contributed by atoms with Crippen LogP contribution in [0.1, 0.15) is 11.7 Å². The maximum absolute atomic E-state index is 12.7. The molecule has 1 aliphatic heterocycles. The summed E-state index contributed by atoms with van der Waals surface area (Å²) in [4.78, 5) is 0.282. The van der Waals surface area contributed by atoms with Crippen LogP contribution in [0.2, 0.25) is 10.0 Å². The molecule has 0 N–H and O–H groups in total. The van der Waals surface area contributed by atoms with Gasteiger partial charge in [-0.1, -0.05) is 41.4 Å². The summed E-state index contributed by atoms with van der Waals surface area (Å²) in [5, 5.41) is 0.998. The number of nitrogens with zero attached hydrogens (tertiary/aromatic N) is 1. The van der Waals surface area contributed by atoms with Gasteiger partial charge in [-0.3, -0.25) is 0 Å². The van der Waals surface area contributed by atoms with Gasteiger partial charge in [-0.2, -0.15) is 4.31 Å². The molecular formula is C16H15Cl2NO3S. The Bertz CT molecular complexity index is 776. The smallest absolute Gasteiger partial charge is 0.243 e. The van der Waals surface area contributed by atoms with E-state index in [2.05, 4.69) is 0 Å². The zero-order chi connectivity index (χ0) is 16.4. The molecule has 1 unspecified atom stereocenters. The van der Waals surface area contributed by atoms with Crippen LogP contribution in [0.25, 0.3) is 0 Å². The molecule has 0 aromatic heterocycles. The Morgan fingerprint density at radius 1 is 1.04 bits per heavy atom. The Kier molecular flexibility index (Phi) is 4.94. The maximum atomic E-state index is 12.7. The van der Waals surface area contributed by atoms with Crippen LogP contribution < -0.4 is 0 Å². The van der Waals surface area contributed by atoms with Crippen molar-refractivity contribution in [2.75, 3.05) is 19.7 Å². The topological polar surface area (TPSA) is 46.6 Å². The molecule has 0 amide bonds. The third-order valence-corrected chi connectivity index (χ3v) is 5.98. The fourth-order valence-electron chi connectivity index (χ4n) is 2.55. The van der Waals surface area contributed by atoms with Gasteiger partial charge in [0.1, 0.15) is 0 Å². The highest BCUT2D eigenvalue weighted by molar-refractivity contribution is 7.89. The van der Waals surface area contributed by atoms with E-state index in [4.69, 9.17) is 27.9 Å². The fourth-order valence-corrected chi connectivity index (χ4v) is 4.54. The normalized spacial score (nSPS) is 19.7. The number of sulfonamides is 1.